The summed E-state index contributed by atoms with van der Waals surface area (Å²) in [5.41, 5.74) is 0.760. The number of halogens is 3. The van der Waals surface area contributed by atoms with E-state index in [0.717, 1.165) is 11.6 Å². The average Bonchev–Trinajstić information content (AvgIpc) is 2.24. The van der Waals surface area contributed by atoms with Crippen molar-refractivity contribution >= 4 is 11.9 Å². The zero-order valence-electron chi connectivity index (χ0n) is 8.24. The van der Waals surface area contributed by atoms with E-state index in [1.54, 1.807) is 24.3 Å². The summed E-state index contributed by atoms with van der Waals surface area (Å²) in [7, 11) is 0. The smallest absolute Gasteiger partial charge is 0.290 e. The zero-order valence-corrected chi connectivity index (χ0v) is 8.24. The highest BCUT2D eigenvalue weighted by Gasteiger charge is 2.22. The Morgan fingerprint density at radius 1 is 1.06 bits per heavy atom. The van der Waals surface area contributed by atoms with Gasteiger partial charge in [-0.05, 0) is 17.7 Å². The lowest BCUT2D eigenvalue weighted by Crippen LogP contribution is -2.02. The normalized spacial score (nSPS) is 12.4. The largest absolute Gasteiger partial charge is 0.409 e. The van der Waals surface area contributed by atoms with Gasteiger partial charge in [0.25, 0.3) is 0 Å². The fourth-order valence-electron chi connectivity index (χ4n) is 0.975. The number of alkyl halides is 3. The lowest BCUT2D eigenvalue weighted by molar-refractivity contribution is -0.111. The molecule has 1 rings (SSSR count). The summed E-state index contributed by atoms with van der Waals surface area (Å²) in [6.07, 6.45) is -1.47. The number of hydrogen-bond donors (Lipinski definition) is 0. The molecule has 0 amide bonds. The van der Waals surface area contributed by atoms with Crippen LogP contribution in [-0.4, -0.2) is 12.0 Å². The molecule has 0 aliphatic rings. The van der Waals surface area contributed by atoms with Gasteiger partial charge in [0.2, 0.25) is 0 Å². The van der Waals surface area contributed by atoms with Crippen LogP contribution >= 0.6 is 0 Å². The van der Waals surface area contributed by atoms with E-state index in [-0.39, 0.29) is 6.08 Å². The van der Waals surface area contributed by atoms with Crippen molar-refractivity contribution in [2.45, 2.75) is 6.18 Å². The second kappa shape index (κ2) is 5.30. The van der Waals surface area contributed by atoms with Gasteiger partial charge in [-0.1, -0.05) is 36.4 Å². The number of carbonyl (C=O) groups is 1. The van der Waals surface area contributed by atoms with E-state index in [4.69, 9.17) is 0 Å². The van der Waals surface area contributed by atoms with E-state index in [2.05, 4.69) is 0 Å². The molecule has 0 saturated carbocycles. The number of hydrogen-bond acceptors (Lipinski definition) is 1. The van der Waals surface area contributed by atoms with Crippen molar-refractivity contribution in [1.29, 1.82) is 0 Å². The molecule has 4 heteroatoms. The Morgan fingerprint density at radius 2 is 1.69 bits per heavy atom. The molecule has 0 heterocycles. The molecular formula is C12H9F3O. The monoisotopic (exact) mass is 226 g/mol. The lowest BCUT2D eigenvalue weighted by atomic mass is 10.2. The van der Waals surface area contributed by atoms with Crippen LogP contribution in [0.2, 0.25) is 0 Å². The molecule has 0 saturated heterocycles. The Balaban J connectivity index is 2.59. The summed E-state index contributed by atoms with van der Waals surface area (Å²) >= 11 is 0. The van der Waals surface area contributed by atoms with Crippen molar-refractivity contribution in [1.82, 2.24) is 0 Å². The lowest BCUT2D eigenvalue weighted by Gasteiger charge is -1.95. The van der Waals surface area contributed by atoms with Gasteiger partial charge in [0.15, 0.2) is 5.78 Å². The third kappa shape index (κ3) is 5.14. The minimum absolute atomic E-state index is 0.0787. The second-order valence-corrected chi connectivity index (χ2v) is 3.02. The number of allylic oxidation sites excluding steroid dienone is 3. The van der Waals surface area contributed by atoms with Crippen LogP contribution in [0.15, 0.2) is 48.6 Å². The summed E-state index contributed by atoms with van der Waals surface area (Å²) in [4.78, 5) is 11.0. The van der Waals surface area contributed by atoms with Gasteiger partial charge in [-0.2, -0.15) is 13.2 Å². The molecule has 1 nitrogen and oxygen atoms in total. The Labute approximate surface area is 90.9 Å². The molecule has 0 unspecified atom stereocenters. The Bertz CT molecular complexity index is 402. The van der Waals surface area contributed by atoms with Crippen LogP contribution in [0.5, 0.6) is 0 Å². The maximum absolute atomic E-state index is 11.7. The first kappa shape index (κ1) is 12.2. The van der Waals surface area contributed by atoms with Crippen LogP contribution in [-0.2, 0) is 4.79 Å². The molecule has 0 aliphatic carbocycles. The van der Waals surface area contributed by atoms with Crippen molar-refractivity contribution in [3.8, 4) is 0 Å². The van der Waals surface area contributed by atoms with E-state index >= 15 is 0 Å². The van der Waals surface area contributed by atoms with Crippen molar-refractivity contribution in [3.05, 3.63) is 54.1 Å². The average molecular weight is 226 g/mol. The van der Waals surface area contributed by atoms with Gasteiger partial charge in [0.05, 0.1) is 0 Å². The van der Waals surface area contributed by atoms with Gasteiger partial charge < -0.3 is 0 Å². The van der Waals surface area contributed by atoms with E-state index in [1.807, 2.05) is 6.07 Å². The minimum Gasteiger partial charge on any atom is -0.290 e. The van der Waals surface area contributed by atoms with Crippen molar-refractivity contribution in [2.24, 2.45) is 0 Å². The van der Waals surface area contributed by atoms with E-state index in [0.29, 0.717) is 6.08 Å². The van der Waals surface area contributed by atoms with Gasteiger partial charge in [0.1, 0.15) is 0 Å². The van der Waals surface area contributed by atoms with E-state index < -0.39 is 12.0 Å². The number of ketones is 1. The minimum atomic E-state index is -4.45. The Kier molecular flexibility index (Phi) is 4.05. The Hall–Kier alpha value is -1.84. The Morgan fingerprint density at radius 3 is 2.25 bits per heavy atom. The van der Waals surface area contributed by atoms with Crippen LogP contribution in [0.4, 0.5) is 13.2 Å². The third-order valence-electron chi connectivity index (χ3n) is 1.68. The van der Waals surface area contributed by atoms with Gasteiger partial charge in [-0.15, -0.1) is 0 Å². The molecule has 0 spiro atoms. The predicted octanol–water partition coefficient (Wildman–Crippen LogP) is 3.39. The standard InChI is InChI=1S/C12H9F3O/c13-12(14,15)9-8-11(16)7-6-10-4-2-1-3-5-10/h1-9H. The van der Waals surface area contributed by atoms with Crippen LogP contribution in [0, 0.1) is 0 Å². The molecule has 1 aromatic carbocycles. The highest BCUT2D eigenvalue weighted by molar-refractivity contribution is 6.02. The first-order valence-corrected chi connectivity index (χ1v) is 4.50. The first-order valence-electron chi connectivity index (χ1n) is 4.50. The summed E-state index contributed by atoms with van der Waals surface area (Å²) < 4.78 is 35.1. The van der Waals surface area contributed by atoms with Crippen LogP contribution in [0.25, 0.3) is 6.08 Å². The maximum Gasteiger partial charge on any atom is 0.409 e. The fourth-order valence-corrected chi connectivity index (χ4v) is 0.975. The van der Waals surface area contributed by atoms with Crippen molar-refractivity contribution in [3.63, 3.8) is 0 Å². The van der Waals surface area contributed by atoms with Gasteiger partial charge in [-0.3, -0.25) is 4.79 Å². The highest BCUT2D eigenvalue weighted by Crippen LogP contribution is 2.15. The highest BCUT2D eigenvalue weighted by atomic mass is 19.4. The number of rotatable bonds is 3. The summed E-state index contributed by atoms with van der Waals surface area (Å²) in [6, 6.07) is 8.85. The third-order valence-corrected chi connectivity index (χ3v) is 1.68. The van der Waals surface area contributed by atoms with E-state index in [1.165, 1.54) is 6.08 Å². The molecule has 0 aliphatic heterocycles. The molecule has 16 heavy (non-hydrogen) atoms. The zero-order chi connectivity index (χ0) is 12.0. The molecule has 0 atom stereocenters. The van der Waals surface area contributed by atoms with Crippen molar-refractivity contribution < 1.29 is 18.0 Å². The summed E-state index contributed by atoms with van der Waals surface area (Å²) in [5, 5.41) is 0. The van der Waals surface area contributed by atoms with E-state index in [9.17, 15) is 18.0 Å². The molecule has 0 aromatic heterocycles. The predicted molar refractivity (Wildman–Crippen MR) is 55.7 cm³/mol. The second-order valence-electron chi connectivity index (χ2n) is 3.02. The first-order chi connectivity index (χ1) is 7.47. The molecule has 0 N–H and O–H groups in total. The van der Waals surface area contributed by atoms with Crippen LogP contribution in [0.1, 0.15) is 5.56 Å². The van der Waals surface area contributed by atoms with Crippen LogP contribution in [0.3, 0.4) is 0 Å². The van der Waals surface area contributed by atoms with Crippen LogP contribution < -0.4 is 0 Å². The SMILES string of the molecule is O=C(C=Cc1ccccc1)C=CC(F)(F)F. The molecule has 1 aromatic rings. The number of carbonyl (C=O) groups excluding carboxylic acids is 1. The van der Waals surface area contributed by atoms with Gasteiger partial charge in [0, 0.05) is 6.08 Å². The van der Waals surface area contributed by atoms with Crippen molar-refractivity contribution in [2.75, 3.05) is 0 Å². The quantitative estimate of drug-likeness (QED) is 0.722. The molecule has 84 valence electrons. The number of benzene rings is 1. The van der Waals surface area contributed by atoms with Gasteiger partial charge in [-0.25, -0.2) is 0 Å². The molecular weight excluding hydrogens is 217 g/mol. The topological polar surface area (TPSA) is 17.1 Å². The molecule has 0 radical (unpaired) electrons. The summed E-state index contributed by atoms with van der Waals surface area (Å²) in [5.74, 6) is -0.693. The summed E-state index contributed by atoms with van der Waals surface area (Å²) in [6.45, 7) is 0. The fraction of sp³-hybridized carbons (Fsp3) is 0.0833. The maximum atomic E-state index is 11.7. The molecule has 0 bridgehead atoms. The molecule has 0 fully saturated rings. The van der Waals surface area contributed by atoms with Gasteiger partial charge >= 0.3 is 6.18 Å².